The number of hydrogen-bond acceptors (Lipinski definition) is 4. The summed E-state index contributed by atoms with van der Waals surface area (Å²) in [5.74, 6) is 0. The van der Waals surface area contributed by atoms with E-state index in [2.05, 4.69) is 61.7 Å². The van der Waals surface area contributed by atoms with Crippen LogP contribution in [0.25, 0.3) is 0 Å². The van der Waals surface area contributed by atoms with E-state index in [-0.39, 0.29) is 0 Å². The number of halogens is 3. The van der Waals surface area contributed by atoms with E-state index < -0.39 is 7.82 Å². The minimum atomic E-state index is -3.87. The maximum Gasteiger partial charge on any atom is 0.524 e. The zero-order valence-corrected chi connectivity index (χ0v) is 9.08. The molecule has 0 aliphatic heterocycles. The molecule has 0 rings (SSSR count). The van der Waals surface area contributed by atoms with Crippen LogP contribution in [0.5, 0.6) is 0 Å². The highest BCUT2D eigenvalue weighted by Gasteiger charge is 2.26. The van der Waals surface area contributed by atoms with Gasteiger partial charge in [0.1, 0.15) is 0 Å². The summed E-state index contributed by atoms with van der Waals surface area (Å²) in [6, 6.07) is 0. The lowest BCUT2D eigenvalue weighted by Crippen LogP contribution is -1.77. The second kappa shape index (κ2) is 9.07. The van der Waals surface area contributed by atoms with Gasteiger partial charge >= 0.3 is 7.82 Å². The van der Waals surface area contributed by atoms with Gasteiger partial charge in [0.05, 0.1) is 35.6 Å². The van der Waals surface area contributed by atoms with E-state index in [0.29, 0.717) is 0 Å². The SMILES string of the molecule is CCC.O=P(OCl)(OCl)OCl. The lowest BCUT2D eigenvalue weighted by molar-refractivity contribution is 0.329. The van der Waals surface area contributed by atoms with E-state index in [4.69, 9.17) is 0 Å². The van der Waals surface area contributed by atoms with Gasteiger partial charge in [-0.05, 0) is 0 Å². The van der Waals surface area contributed by atoms with Gasteiger partial charge in [0.15, 0.2) is 0 Å². The quantitative estimate of drug-likeness (QED) is 0.704. The Labute approximate surface area is 80.8 Å². The standard InChI is InChI=1S/C3H8.Cl3O4P/c1-3-2;1-5-8(4,6-2)7-3/h3H2,1-2H3;. The third-order valence-corrected chi connectivity index (χ3v) is 2.28. The third kappa shape index (κ3) is 8.89. The molecule has 0 aromatic rings. The van der Waals surface area contributed by atoms with Crippen molar-refractivity contribution in [3.8, 4) is 0 Å². The minimum absolute atomic E-state index is 1.25. The Hall–Kier alpha value is 0.980. The summed E-state index contributed by atoms with van der Waals surface area (Å²) in [4.78, 5) is 0. The zero-order valence-electron chi connectivity index (χ0n) is 5.92. The van der Waals surface area contributed by atoms with Gasteiger partial charge in [0.2, 0.25) is 0 Å². The largest absolute Gasteiger partial charge is 0.524 e. The maximum atomic E-state index is 10.3. The predicted octanol–water partition coefficient (Wildman–Crippen LogP) is 4.02. The lowest BCUT2D eigenvalue weighted by atomic mass is 10.6. The Balaban J connectivity index is 0. The molecule has 11 heavy (non-hydrogen) atoms. The molecule has 0 bridgehead atoms. The van der Waals surface area contributed by atoms with Crippen molar-refractivity contribution in [2.24, 2.45) is 0 Å². The van der Waals surface area contributed by atoms with Gasteiger partial charge in [0, 0.05) is 0 Å². The van der Waals surface area contributed by atoms with Crippen LogP contribution < -0.4 is 0 Å². The van der Waals surface area contributed by atoms with Gasteiger partial charge in [-0.2, -0.15) is 12.2 Å². The fourth-order valence-electron chi connectivity index (χ4n) is 0.0319. The molecule has 0 spiro atoms. The topological polar surface area (TPSA) is 44.8 Å². The Kier molecular flexibility index (Phi) is 12.0. The summed E-state index contributed by atoms with van der Waals surface area (Å²) in [5.41, 5.74) is 0. The third-order valence-electron chi connectivity index (χ3n) is 0.254. The summed E-state index contributed by atoms with van der Waals surface area (Å²) < 4.78 is 20.9. The monoisotopic (exact) mass is 244 g/mol. The second-order valence-corrected chi connectivity index (χ2v) is 3.91. The first-order valence-corrected chi connectivity index (χ1v) is 4.99. The van der Waals surface area contributed by atoms with Gasteiger partial charge in [-0.3, -0.25) is 0 Å². The maximum absolute atomic E-state index is 10.3. The van der Waals surface area contributed by atoms with Crippen molar-refractivity contribution in [1.82, 2.24) is 0 Å². The van der Waals surface area contributed by atoms with Crippen molar-refractivity contribution < 1.29 is 16.8 Å². The van der Waals surface area contributed by atoms with Crippen molar-refractivity contribution in [3.63, 3.8) is 0 Å². The van der Waals surface area contributed by atoms with Crippen LogP contribution in [0, 0.1) is 0 Å². The normalized spacial score (nSPS) is 10.3. The second-order valence-electron chi connectivity index (χ2n) is 1.36. The molecule has 0 N–H and O–H groups in total. The first-order chi connectivity index (χ1) is 5.10. The number of rotatable bonds is 3. The van der Waals surface area contributed by atoms with Gasteiger partial charge in [0.25, 0.3) is 0 Å². The van der Waals surface area contributed by atoms with Gasteiger partial charge in [-0.15, -0.1) is 0 Å². The van der Waals surface area contributed by atoms with Crippen molar-refractivity contribution in [2.75, 3.05) is 0 Å². The van der Waals surface area contributed by atoms with Crippen LogP contribution in [-0.4, -0.2) is 0 Å². The number of hydrogen-bond donors (Lipinski definition) is 0. The van der Waals surface area contributed by atoms with E-state index in [1.807, 2.05) is 0 Å². The predicted molar refractivity (Wildman–Crippen MR) is 44.4 cm³/mol. The molecule has 0 aliphatic carbocycles. The molecule has 0 amide bonds. The van der Waals surface area contributed by atoms with E-state index >= 15 is 0 Å². The molecule has 0 radical (unpaired) electrons. The van der Waals surface area contributed by atoms with Crippen molar-refractivity contribution in [1.29, 1.82) is 0 Å². The lowest BCUT2D eigenvalue weighted by Gasteiger charge is -1.99. The molecule has 4 nitrogen and oxygen atoms in total. The summed E-state index contributed by atoms with van der Waals surface area (Å²) in [5, 5.41) is 0. The summed E-state index contributed by atoms with van der Waals surface area (Å²) in [6.45, 7) is 4.25. The van der Waals surface area contributed by atoms with Gasteiger partial charge < -0.3 is 0 Å². The van der Waals surface area contributed by atoms with E-state index in [1.54, 1.807) is 0 Å². The molecule has 0 aliphatic rings. The van der Waals surface area contributed by atoms with Crippen LogP contribution in [0.4, 0.5) is 0 Å². The van der Waals surface area contributed by atoms with Crippen molar-refractivity contribution >= 4 is 43.4 Å². The smallest absolute Gasteiger partial charge is 0.224 e. The summed E-state index contributed by atoms with van der Waals surface area (Å²) >= 11 is 13.6. The van der Waals surface area contributed by atoms with Crippen LogP contribution in [0.15, 0.2) is 0 Å². The molecule has 0 heterocycles. The zero-order chi connectivity index (χ0) is 9.33. The van der Waals surface area contributed by atoms with Gasteiger partial charge in [-0.1, -0.05) is 20.3 Å². The first-order valence-electron chi connectivity index (χ1n) is 2.61. The Morgan fingerprint density at radius 2 is 1.27 bits per heavy atom. The van der Waals surface area contributed by atoms with E-state index in [9.17, 15) is 4.57 Å². The fraction of sp³-hybridized carbons (Fsp3) is 1.00. The highest BCUT2D eigenvalue weighted by molar-refractivity contribution is 7.51. The molecule has 0 atom stereocenters. The van der Waals surface area contributed by atoms with Crippen LogP contribution in [-0.2, 0) is 16.8 Å². The average molecular weight is 245 g/mol. The highest BCUT2D eigenvalue weighted by atomic mass is 35.5. The first kappa shape index (κ1) is 14.5. The van der Waals surface area contributed by atoms with Crippen LogP contribution in [0.2, 0.25) is 0 Å². The Morgan fingerprint density at radius 1 is 1.09 bits per heavy atom. The molecule has 8 heteroatoms. The van der Waals surface area contributed by atoms with Crippen molar-refractivity contribution in [2.45, 2.75) is 20.3 Å². The van der Waals surface area contributed by atoms with E-state index in [1.165, 1.54) is 6.42 Å². The Bertz CT molecular complexity index is 102. The molecule has 0 aromatic carbocycles. The molecule has 0 saturated carbocycles. The molecule has 0 aromatic heterocycles. The molecular formula is C3H8Cl3O4P. The highest BCUT2D eigenvalue weighted by Crippen LogP contribution is 2.52. The van der Waals surface area contributed by atoms with E-state index in [0.717, 1.165) is 0 Å². The molecule has 0 fully saturated rings. The molecular weight excluding hydrogens is 237 g/mol. The molecule has 0 saturated heterocycles. The molecule has 0 unspecified atom stereocenters. The van der Waals surface area contributed by atoms with Gasteiger partial charge in [-0.25, -0.2) is 4.57 Å². The fourth-order valence-corrected chi connectivity index (χ4v) is 0.862. The minimum Gasteiger partial charge on any atom is -0.224 e. The molecule has 70 valence electrons. The van der Waals surface area contributed by atoms with Crippen LogP contribution >= 0.6 is 43.4 Å². The summed E-state index contributed by atoms with van der Waals surface area (Å²) in [6.07, 6.45) is 1.25. The van der Waals surface area contributed by atoms with Crippen molar-refractivity contribution in [3.05, 3.63) is 0 Å². The number of phosphoric acid groups is 1. The van der Waals surface area contributed by atoms with Crippen LogP contribution in [0.3, 0.4) is 0 Å². The summed E-state index contributed by atoms with van der Waals surface area (Å²) in [7, 11) is -3.87. The average Bonchev–Trinajstić information content (AvgIpc) is 2.05. The Morgan fingerprint density at radius 3 is 1.27 bits per heavy atom. The van der Waals surface area contributed by atoms with Crippen LogP contribution in [0.1, 0.15) is 20.3 Å².